The van der Waals surface area contributed by atoms with Crippen LogP contribution < -0.4 is 4.74 Å². The van der Waals surface area contributed by atoms with Crippen LogP contribution in [0.1, 0.15) is 43.2 Å². The van der Waals surface area contributed by atoms with Crippen molar-refractivity contribution in [1.29, 1.82) is 0 Å². The van der Waals surface area contributed by atoms with Gasteiger partial charge in [-0.15, -0.1) is 0 Å². The number of carbonyl (C=O) groups is 1. The molecule has 3 rings (SSSR count). The quantitative estimate of drug-likeness (QED) is 0.894. The van der Waals surface area contributed by atoms with Gasteiger partial charge in [-0.2, -0.15) is 0 Å². The SMILES string of the molecule is O=C(O)C1CCC(O)(COc2ccc3c(c2)CCC3)CC1. The maximum absolute atomic E-state index is 10.9. The number of aliphatic carboxylic acids is 1. The Morgan fingerprint density at radius 2 is 1.95 bits per heavy atom. The lowest BCUT2D eigenvalue weighted by Crippen LogP contribution is -2.41. The summed E-state index contributed by atoms with van der Waals surface area (Å²) in [5, 5.41) is 19.5. The van der Waals surface area contributed by atoms with Gasteiger partial charge in [0.05, 0.1) is 11.5 Å². The Balaban J connectivity index is 1.56. The molecule has 4 nitrogen and oxygen atoms in total. The third-order valence-electron chi connectivity index (χ3n) is 4.84. The fraction of sp³-hybridized carbons (Fsp3) is 0.588. The lowest BCUT2D eigenvalue weighted by Gasteiger charge is -2.34. The van der Waals surface area contributed by atoms with Gasteiger partial charge in [0.25, 0.3) is 0 Å². The first-order valence-electron chi connectivity index (χ1n) is 7.76. The Morgan fingerprint density at radius 3 is 2.67 bits per heavy atom. The Hall–Kier alpha value is -1.55. The van der Waals surface area contributed by atoms with Crippen molar-refractivity contribution in [2.24, 2.45) is 5.92 Å². The van der Waals surface area contributed by atoms with Gasteiger partial charge in [-0.05, 0) is 68.2 Å². The summed E-state index contributed by atoms with van der Waals surface area (Å²) in [4.78, 5) is 10.9. The van der Waals surface area contributed by atoms with E-state index in [1.165, 1.54) is 17.5 Å². The van der Waals surface area contributed by atoms with Gasteiger partial charge in [0.15, 0.2) is 0 Å². The van der Waals surface area contributed by atoms with Crippen molar-refractivity contribution in [3.8, 4) is 5.75 Å². The predicted octanol–water partition coefficient (Wildman–Crippen LogP) is 2.56. The van der Waals surface area contributed by atoms with E-state index in [2.05, 4.69) is 12.1 Å². The summed E-state index contributed by atoms with van der Waals surface area (Å²) in [6.45, 7) is 0.248. The van der Waals surface area contributed by atoms with Gasteiger partial charge in [0.2, 0.25) is 0 Å². The molecule has 0 radical (unpaired) electrons. The Kier molecular flexibility index (Phi) is 3.89. The van der Waals surface area contributed by atoms with Crippen LogP contribution in [0, 0.1) is 5.92 Å². The summed E-state index contributed by atoms with van der Waals surface area (Å²) in [6, 6.07) is 6.16. The predicted molar refractivity (Wildman–Crippen MR) is 78.5 cm³/mol. The van der Waals surface area contributed by atoms with Crippen LogP contribution in [0.4, 0.5) is 0 Å². The number of benzene rings is 1. The summed E-state index contributed by atoms with van der Waals surface area (Å²) < 4.78 is 5.77. The molecule has 0 unspecified atom stereocenters. The van der Waals surface area contributed by atoms with Crippen molar-refractivity contribution in [1.82, 2.24) is 0 Å². The number of ether oxygens (including phenoxy) is 1. The van der Waals surface area contributed by atoms with Crippen molar-refractivity contribution in [3.63, 3.8) is 0 Å². The van der Waals surface area contributed by atoms with Crippen LogP contribution >= 0.6 is 0 Å². The second-order valence-corrected chi connectivity index (χ2v) is 6.41. The van der Waals surface area contributed by atoms with Crippen LogP contribution in [0.5, 0.6) is 5.75 Å². The molecule has 2 aliphatic rings. The van der Waals surface area contributed by atoms with Crippen LogP contribution in [0.2, 0.25) is 0 Å². The molecule has 1 saturated carbocycles. The van der Waals surface area contributed by atoms with E-state index in [-0.39, 0.29) is 12.5 Å². The molecule has 0 aliphatic heterocycles. The highest BCUT2D eigenvalue weighted by atomic mass is 16.5. The lowest BCUT2D eigenvalue weighted by atomic mass is 9.79. The number of carboxylic acid groups (broad SMARTS) is 1. The van der Waals surface area contributed by atoms with Gasteiger partial charge >= 0.3 is 5.97 Å². The number of rotatable bonds is 4. The number of carboxylic acids is 1. The standard InChI is InChI=1S/C17H22O4/c18-16(19)13-6-8-17(20,9-7-13)11-21-15-5-4-12-2-1-3-14(12)10-15/h4-5,10,13,20H,1-3,6-9,11H2,(H,18,19). The van der Waals surface area contributed by atoms with E-state index in [4.69, 9.17) is 9.84 Å². The van der Waals surface area contributed by atoms with Crippen LogP contribution in [-0.2, 0) is 17.6 Å². The average molecular weight is 290 g/mol. The van der Waals surface area contributed by atoms with E-state index in [0.29, 0.717) is 25.7 Å². The molecule has 0 amide bonds. The van der Waals surface area contributed by atoms with Crippen molar-refractivity contribution in [2.75, 3.05) is 6.61 Å². The summed E-state index contributed by atoms with van der Waals surface area (Å²) in [6.07, 6.45) is 5.51. The first kappa shape index (κ1) is 14.4. The van der Waals surface area contributed by atoms with Crippen LogP contribution in [-0.4, -0.2) is 28.4 Å². The first-order valence-corrected chi connectivity index (χ1v) is 7.76. The van der Waals surface area contributed by atoms with Gasteiger partial charge in [0.1, 0.15) is 12.4 Å². The minimum Gasteiger partial charge on any atom is -0.491 e. The highest BCUT2D eigenvalue weighted by Gasteiger charge is 2.36. The van der Waals surface area contributed by atoms with Crippen LogP contribution in [0.25, 0.3) is 0 Å². The van der Waals surface area contributed by atoms with Crippen molar-refractivity contribution < 1.29 is 19.7 Å². The topological polar surface area (TPSA) is 66.8 Å². The molecule has 0 spiro atoms. The van der Waals surface area contributed by atoms with Crippen LogP contribution in [0.3, 0.4) is 0 Å². The molecule has 0 aromatic heterocycles. The minimum absolute atomic E-state index is 0.248. The van der Waals surface area contributed by atoms with E-state index in [1.807, 2.05) is 6.07 Å². The number of fused-ring (bicyclic) bond motifs is 1. The zero-order valence-electron chi connectivity index (χ0n) is 12.2. The third kappa shape index (κ3) is 3.21. The zero-order chi connectivity index (χ0) is 14.9. The summed E-state index contributed by atoms with van der Waals surface area (Å²) >= 11 is 0. The molecule has 2 aliphatic carbocycles. The highest BCUT2D eigenvalue weighted by molar-refractivity contribution is 5.70. The van der Waals surface area contributed by atoms with E-state index >= 15 is 0 Å². The zero-order valence-corrected chi connectivity index (χ0v) is 12.2. The molecule has 21 heavy (non-hydrogen) atoms. The van der Waals surface area contributed by atoms with Crippen molar-refractivity contribution in [3.05, 3.63) is 29.3 Å². The normalized spacial score (nSPS) is 28.1. The maximum atomic E-state index is 10.9. The monoisotopic (exact) mass is 290 g/mol. The smallest absolute Gasteiger partial charge is 0.306 e. The molecule has 2 N–H and O–H groups in total. The van der Waals surface area contributed by atoms with Crippen molar-refractivity contribution >= 4 is 5.97 Å². The molecular weight excluding hydrogens is 268 g/mol. The highest BCUT2D eigenvalue weighted by Crippen LogP contribution is 2.33. The fourth-order valence-electron chi connectivity index (χ4n) is 3.40. The Morgan fingerprint density at radius 1 is 1.24 bits per heavy atom. The Labute approximate surface area is 124 Å². The summed E-state index contributed by atoms with van der Waals surface area (Å²) in [7, 11) is 0. The first-order chi connectivity index (χ1) is 10.1. The maximum Gasteiger partial charge on any atom is 0.306 e. The molecule has 0 saturated heterocycles. The lowest BCUT2D eigenvalue weighted by molar-refractivity contribution is -0.145. The van der Waals surface area contributed by atoms with Gasteiger partial charge in [0, 0.05) is 0 Å². The third-order valence-corrected chi connectivity index (χ3v) is 4.84. The van der Waals surface area contributed by atoms with E-state index in [1.54, 1.807) is 0 Å². The van der Waals surface area contributed by atoms with Gasteiger partial charge in [-0.1, -0.05) is 6.07 Å². The Bertz CT molecular complexity index is 530. The molecule has 4 heteroatoms. The molecule has 1 aromatic rings. The molecule has 1 aromatic carbocycles. The second kappa shape index (κ2) is 5.68. The number of aryl methyl sites for hydroxylation is 2. The van der Waals surface area contributed by atoms with Crippen LogP contribution in [0.15, 0.2) is 18.2 Å². The average Bonchev–Trinajstić information content (AvgIpc) is 2.93. The largest absolute Gasteiger partial charge is 0.491 e. The molecule has 1 fully saturated rings. The number of hydrogen-bond donors (Lipinski definition) is 2. The van der Waals surface area contributed by atoms with Crippen molar-refractivity contribution in [2.45, 2.75) is 50.5 Å². The summed E-state index contributed by atoms with van der Waals surface area (Å²) in [5.74, 6) is -0.258. The minimum atomic E-state index is -0.884. The molecule has 0 bridgehead atoms. The van der Waals surface area contributed by atoms with Gasteiger partial charge in [-0.25, -0.2) is 0 Å². The fourth-order valence-corrected chi connectivity index (χ4v) is 3.40. The molecule has 0 heterocycles. The van der Waals surface area contributed by atoms with E-state index in [0.717, 1.165) is 18.6 Å². The molecule has 0 atom stereocenters. The van der Waals surface area contributed by atoms with Gasteiger partial charge in [-0.3, -0.25) is 4.79 Å². The summed E-state index contributed by atoms with van der Waals surface area (Å²) in [5.41, 5.74) is 1.88. The molecular formula is C17H22O4. The van der Waals surface area contributed by atoms with E-state index < -0.39 is 11.6 Å². The van der Waals surface area contributed by atoms with E-state index in [9.17, 15) is 9.90 Å². The number of hydrogen-bond acceptors (Lipinski definition) is 3. The second-order valence-electron chi connectivity index (χ2n) is 6.41. The van der Waals surface area contributed by atoms with Gasteiger partial charge < -0.3 is 14.9 Å². The number of aliphatic hydroxyl groups is 1. The molecule has 114 valence electrons.